The summed E-state index contributed by atoms with van der Waals surface area (Å²) in [5, 5.41) is 0.626. The Bertz CT molecular complexity index is 672. The molecule has 1 aromatic rings. The Balaban J connectivity index is 1.91. The van der Waals surface area contributed by atoms with E-state index in [1.165, 1.54) is 32.1 Å². The van der Waals surface area contributed by atoms with Gasteiger partial charge >= 0.3 is 5.97 Å². The van der Waals surface area contributed by atoms with E-state index < -0.39 is 21.6 Å². The Morgan fingerprint density at radius 2 is 1.76 bits per heavy atom. The van der Waals surface area contributed by atoms with Gasteiger partial charge in [0.2, 0.25) is 10.0 Å². The molecule has 1 N–H and O–H groups in total. The van der Waals surface area contributed by atoms with Crippen molar-refractivity contribution in [3.05, 3.63) is 24.3 Å². The number of sulfonamides is 1. The van der Waals surface area contributed by atoms with E-state index in [0.717, 1.165) is 4.90 Å². The molecular formula is C18H27NO4S2. The molecule has 0 heterocycles. The predicted molar refractivity (Wildman–Crippen MR) is 100 cm³/mol. The molecule has 1 fully saturated rings. The Morgan fingerprint density at radius 1 is 1.16 bits per heavy atom. The molecule has 1 saturated carbocycles. The summed E-state index contributed by atoms with van der Waals surface area (Å²) in [5.74, 6) is -0.597. The summed E-state index contributed by atoms with van der Waals surface area (Å²) >= 11 is 1.82. The van der Waals surface area contributed by atoms with Gasteiger partial charge in [-0.2, -0.15) is 4.72 Å². The highest BCUT2D eigenvalue weighted by molar-refractivity contribution is 8.00. The van der Waals surface area contributed by atoms with Crippen molar-refractivity contribution in [1.82, 2.24) is 4.72 Å². The first-order chi connectivity index (χ1) is 11.7. The van der Waals surface area contributed by atoms with E-state index in [1.807, 2.05) is 23.9 Å². The van der Waals surface area contributed by atoms with Crippen molar-refractivity contribution in [3.8, 4) is 0 Å². The van der Waals surface area contributed by atoms with E-state index in [0.29, 0.717) is 5.25 Å². The predicted octanol–water partition coefficient (Wildman–Crippen LogP) is 3.73. The van der Waals surface area contributed by atoms with Crippen LogP contribution in [0.5, 0.6) is 0 Å². The molecule has 0 aliphatic heterocycles. The van der Waals surface area contributed by atoms with Crippen molar-refractivity contribution in [2.24, 2.45) is 0 Å². The van der Waals surface area contributed by atoms with Crippen LogP contribution in [0, 0.1) is 0 Å². The van der Waals surface area contributed by atoms with Gasteiger partial charge in [0.1, 0.15) is 12.1 Å². The van der Waals surface area contributed by atoms with Gasteiger partial charge in [0, 0.05) is 10.1 Å². The van der Waals surface area contributed by atoms with Gasteiger partial charge in [-0.25, -0.2) is 8.42 Å². The van der Waals surface area contributed by atoms with E-state index in [-0.39, 0.29) is 11.4 Å². The zero-order valence-electron chi connectivity index (χ0n) is 15.1. The minimum Gasteiger partial charge on any atom is -0.459 e. The quantitative estimate of drug-likeness (QED) is 0.756. The molecule has 0 bridgehead atoms. The molecule has 25 heavy (non-hydrogen) atoms. The summed E-state index contributed by atoms with van der Waals surface area (Å²) in [5.41, 5.74) is -0.638. The lowest BCUT2D eigenvalue weighted by atomic mass is 10.0. The summed E-state index contributed by atoms with van der Waals surface area (Å²) in [6.07, 6.45) is 6.32. The number of rotatable bonds is 6. The van der Waals surface area contributed by atoms with E-state index >= 15 is 0 Å². The number of hydrogen-bond acceptors (Lipinski definition) is 5. The fourth-order valence-electron chi connectivity index (χ4n) is 2.69. The first kappa shape index (κ1) is 20.3. The lowest BCUT2D eigenvalue weighted by molar-refractivity contribution is -0.153. The third kappa shape index (κ3) is 6.99. The molecule has 0 atom stereocenters. The van der Waals surface area contributed by atoms with Crippen molar-refractivity contribution < 1.29 is 17.9 Å². The lowest BCUT2D eigenvalue weighted by Crippen LogP contribution is -2.34. The van der Waals surface area contributed by atoms with Gasteiger partial charge in [-0.3, -0.25) is 4.79 Å². The van der Waals surface area contributed by atoms with E-state index in [2.05, 4.69) is 4.72 Å². The Morgan fingerprint density at radius 3 is 2.32 bits per heavy atom. The molecule has 0 saturated heterocycles. The molecule has 1 aliphatic rings. The number of ether oxygens (including phenoxy) is 1. The van der Waals surface area contributed by atoms with Gasteiger partial charge < -0.3 is 4.74 Å². The highest BCUT2D eigenvalue weighted by Crippen LogP contribution is 2.33. The van der Waals surface area contributed by atoms with Crippen LogP contribution in [0.25, 0.3) is 0 Å². The Labute approximate surface area is 155 Å². The summed E-state index contributed by atoms with van der Waals surface area (Å²) < 4.78 is 31.9. The van der Waals surface area contributed by atoms with Gasteiger partial charge in [0.25, 0.3) is 0 Å². The van der Waals surface area contributed by atoms with Crippen molar-refractivity contribution in [2.45, 2.75) is 73.5 Å². The van der Waals surface area contributed by atoms with Gasteiger partial charge in [-0.1, -0.05) is 19.3 Å². The Hall–Kier alpha value is -1.05. The average Bonchev–Trinajstić information content (AvgIpc) is 2.53. The fraction of sp³-hybridized carbons (Fsp3) is 0.611. The van der Waals surface area contributed by atoms with Gasteiger partial charge in [0.05, 0.1) is 4.90 Å². The minimum absolute atomic E-state index is 0.157. The van der Waals surface area contributed by atoms with E-state index in [4.69, 9.17) is 4.74 Å². The lowest BCUT2D eigenvalue weighted by Gasteiger charge is -2.21. The molecule has 0 aromatic heterocycles. The van der Waals surface area contributed by atoms with Gasteiger partial charge in [0.15, 0.2) is 0 Å². The maximum atomic E-state index is 12.3. The van der Waals surface area contributed by atoms with Crippen LogP contribution in [0.1, 0.15) is 52.9 Å². The van der Waals surface area contributed by atoms with E-state index in [1.54, 1.807) is 32.9 Å². The molecule has 0 unspecified atom stereocenters. The smallest absolute Gasteiger partial charge is 0.321 e. The highest BCUT2D eigenvalue weighted by atomic mass is 32.2. The number of carbonyl (C=O) groups is 1. The number of carbonyl (C=O) groups excluding carboxylic acids is 1. The second kappa shape index (κ2) is 8.56. The van der Waals surface area contributed by atoms with Crippen LogP contribution in [0.2, 0.25) is 0 Å². The van der Waals surface area contributed by atoms with Gasteiger partial charge in [-0.05, 0) is 57.9 Å². The molecule has 0 radical (unpaired) electrons. The van der Waals surface area contributed by atoms with Gasteiger partial charge in [-0.15, -0.1) is 11.8 Å². The number of thioether (sulfide) groups is 1. The monoisotopic (exact) mass is 385 g/mol. The molecule has 7 heteroatoms. The van der Waals surface area contributed by atoms with E-state index in [9.17, 15) is 13.2 Å². The third-order valence-electron chi connectivity index (χ3n) is 3.82. The summed E-state index contributed by atoms with van der Waals surface area (Å²) in [6, 6.07) is 6.84. The standard InChI is InChI=1S/C18H27NO4S2/c1-18(2,3)23-17(20)13-19-25(21,22)16-11-9-15(10-12-16)24-14-7-5-4-6-8-14/h9-12,14,19H,4-8,13H2,1-3H3. The third-order valence-corrected chi connectivity index (χ3v) is 6.58. The number of nitrogens with one attached hydrogen (secondary N) is 1. The van der Waals surface area contributed by atoms with Crippen LogP contribution in [0.4, 0.5) is 0 Å². The van der Waals surface area contributed by atoms with Crippen molar-refractivity contribution in [1.29, 1.82) is 0 Å². The SMILES string of the molecule is CC(C)(C)OC(=O)CNS(=O)(=O)c1ccc(SC2CCCCC2)cc1. The Kier molecular flexibility index (Phi) is 6.93. The topological polar surface area (TPSA) is 72.5 Å². The molecule has 2 rings (SSSR count). The fourth-order valence-corrected chi connectivity index (χ4v) is 4.90. The number of benzene rings is 1. The molecule has 140 valence electrons. The summed E-state index contributed by atoms with van der Waals surface area (Å²) in [6.45, 7) is 4.84. The average molecular weight is 386 g/mol. The van der Waals surface area contributed by atoms with Crippen molar-refractivity contribution in [3.63, 3.8) is 0 Å². The molecule has 1 aliphatic carbocycles. The first-order valence-electron chi connectivity index (χ1n) is 8.64. The minimum atomic E-state index is -3.72. The number of hydrogen-bond donors (Lipinski definition) is 1. The van der Waals surface area contributed by atoms with Crippen LogP contribution in [0.15, 0.2) is 34.1 Å². The van der Waals surface area contributed by atoms with Crippen LogP contribution in [-0.2, 0) is 19.6 Å². The van der Waals surface area contributed by atoms with Crippen molar-refractivity contribution in [2.75, 3.05) is 6.54 Å². The second-order valence-electron chi connectivity index (χ2n) is 7.26. The van der Waals surface area contributed by atoms with Crippen LogP contribution in [0.3, 0.4) is 0 Å². The van der Waals surface area contributed by atoms with Crippen molar-refractivity contribution >= 4 is 27.8 Å². The van der Waals surface area contributed by atoms with Crippen LogP contribution >= 0.6 is 11.8 Å². The van der Waals surface area contributed by atoms with Crippen LogP contribution < -0.4 is 4.72 Å². The zero-order valence-corrected chi connectivity index (χ0v) is 16.7. The molecule has 0 amide bonds. The molecule has 5 nitrogen and oxygen atoms in total. The molecular weight excluding hydrogens is 358 g/mol. The summed E-state index contributed by atoms with van der Waals surface area (Å²) in [4.78, 5) is 12.9. The second-order valence-corrected chi connectivity index (χ2v) is 10.4. The maximum absolute atomic E-state index is 12.3. The maximum Gasteiger partial charge on any atom is 0.321 e. The first-order valence-corrected chi connectivity index (χ1v) is 11.0. The normalized spacial score (nSPS) is 16.6. The number of esters is 1. The molecule has 0 spiro atoms. The zero-order chi connectivity index (χ0) is 18.5. The van der Waals surface area contributed by atoms with Crippen LogP contribution in [-0.4, -0.2) is 31.8 Å². The highest BCUT2D eigenvalue weighted by Gasteiger charge is 2.20. The summed E-state index contributed by atoms with van der Waals surface area (Å²) in [7, 11) is -3.72. The largest absolute Gasteiger partial charge is 0.459 e. The molecule has 1 aromatic carbocycles.